The van der Waals surface area contributed by atoms with Crippen LogP contribution in [0.1, 0.15) is 102 Å². The van der Waals surface area contributed by atoms with Gasteiger partial charge in [-0.2, -0.15) is 0 Å². The number of hydrogen-bond donors (Lipinski definition) is 1. The van der Waals surface area contributed by atoms with Crippen LogP contribution in [0.3, 0.4) is 0 Å². The number of pyridine rings is 1. The van der Waals surface area contributed by atoms with Crippen LogP contribution in [0, 0.1) is 0 Å². The van der Waals surface area contributed by atoms with Gasteiger partial charge in [-0.05, 0) is 73.7 Å². The molecule has 2 aliphatic carbocycles. The number of aromatic amines is 1. The zero-order valence-corrected chi connectivity index (χ0v) is 21.1. The maximum Gasteiger partial charge on any atom is 0.252 e. The van der Waals surface area contributed by atoms with Gasteiger partial charge in [0, 0.05) is 29.1 Å². The van der Waals surface area contributed by atoms with Gasteiger partial charge < -0.3 is 9.72 Å². The highest BCUT2D eigenvalue weighted by molar-refractivity contribution is 5.80. The monoisotopic (exact) mass is 478 g/mol. The summed E-state index contributed by atoms with van der Waals surface area (Å²) in [5.41, 5.74) is 1.60. The predicted molar refractivity (Wildman–Crippen MR) is 137 cm³/mol. The summed E-state index contributed by atoms with van der Waals surface area (Å²) in [5.74, 6) is 1.78. The Balaban J connectivity index is 1.51. The Labute approximate surface area is 207 Å². The van der Waals surface area contributed by atoms with Crippen LogP contribution in [0.2, 0.25) is 0 Å². The number of tetrazole rings is 1. The second kappa shape index (κ2) is 10.9. The van der Waals surface area contributed by atoms with Crippen molar-refractivity contribution < 1.29 is 4.74 Å². The molecule has 188 valence electrons. The number of hydrogen-bond acceptors (Lipinski definition) is 6. The van der Waals surface area contributed by atoms with E-state index in [2.05, 4.69) is 37.0 Å². The van der Waals surface area contributed by atoms with Gasteiger partial charge >= 0.3 is 0 Å². The highest BCUT2D eigenvalue weighted by Gasteiger charge is 2.33. The lowest BCUT2D eigenvalue weighted by molar-refractivity contribution is 0.0830. The molecule has 2 heterocycles. The third-order valence-corrected chi connectivity index (χ3v) is 7.87. The number of ether oxygens (including phenoxy) is 1. The Bertz CT molecular complexity index is 1180. The number of nitrogens with zero attached hydrogens (tertiary/aromatic N) is 5. The maximum absolute atomic E-state index is 13.2. The van der Waals surface area contributed by atoms with E-state index in [1.54, 1.807) is 0 Å². The minimum absolute atomic E-state index is 0.0206. The normalized spacial score (nSPS) is 18.5. The lowest BCUT2D eigenvalue weighted by atomic mass is 9.92. The first-order valence-corrected chi connectivity index (χ1v) is 13.5. The summed E-state index contributed by atoms with van der Waals surface area (Å²) in [5, 5.41) is 14.1. The quantitative estimate of drug-likeness (QED) is 0.448. The molecule has 0 saturated heterocycles. The van der Waals surface area contributed by atoms with Gasteiger partial charge in [0.05, 0.1) is 18.7 Å². The Morgan fingerprint density at radius 2 is 1.86 bits per heavy atom. The van der Waals surface area contributed by atoms with Crippen LogP contribution < -0.4 is 10.3 Å². The van der Waals surface area contributed by atoms with Gasteiger partial charge in [-0.15, -0.1) is 5.10 Å². The molecule has 2 aliphatic rings. The van der Waals surface area contributed by atoms with Crippen molar-refractivity contribution in [3.63, 3.8) is 0 Å². The molecule has 0 amide bonds. The fraction of sp³-hybridized carbons (Fsp3) is 0.630. The SMILES string of the molecule is CCOc1ccc2[nH]c(=O)c(CN(C3CCCCC3)[C@H](CC)c3nnnn3C3CCCC3)cc2c1. The molecule has 1 aromatic carbocycles. The van der Waals surface area contributed by atoms with Crippen molar-refractivity contribution >= 4 is 10.9 Å². The summed E-state index contributed by atoms with van der Waals surface area (Å²) in [6.45, 7) is 5.40. The van der Waals surface area contributed by atoms with Crippen molar-refractivity contribution in [3.8, 4) is 5.75 Å². The highest BCUT2D eigenvalue weighted by atomic mass is 16.5. The maximum atomic E-state index is 13.2. The fourth-order valence-corrected chi connectivity index (χ4v) is 6.10. The minimum atomic E-state index is -0.0206. The Hall–Kier alpha value is -2.74. The third kappa shape index (κ3) is 5.13. The smallest absolute Gasteiger partial charge is 0.252 e. The molecule has 0 aliphatic heterocycles. The van der Waals surface area contributed by atoms with Crippen LogP contribution in [-0.4, -0.2) is 42.7 Å². The van der Waals surface area contributed by atoms with Crippen LogP contribution >= 0.6 is 0 Å². The fourth-order valence-electron chi connectivity index (χ4n) is 6.10. The van der Waals surface area contributed by atoms with E-state index in [-0.39, 0.29) is 11.6 Å². The summed E-state index contributed by atoms with van der Waals surface area (Å²) in [6, 6.07) is 8.79. The van der Waals surface area contributed by atoms with E-state index in [4.69, 9.17) is 4.74 Å². The molecule has 5 rings (SSSR count). The van der Waals surface area contributed by atoms with Gasteiger partial charge in [0.15, 0.2) is 5.82 Å². The standard InChI is InChI=1S/C27H38N6O2/c1-3-25(26-29-30-31-33(26)22-12-8-9-13-22)32(21-10-6-5-7-11-21)18-20-16-19-17-23(35-4-2)14-15-24(19)28-27(20)34/h14-17,21-22,25H,3-13,18H2,1-2H3,(H,28,34)/t25-/m1/s1. The van der Waals surface area contributed by atoms with E-state index in [0.717, 1.165) is 60.1 Å². The molecule has 0 bridgehead atoms. The lowest BCUT2D eigenvalue weighted by Crippen LogP contribution is -2.41. The summed E-state index contributed by atoms with van der Waals surface area (Å²) >= 11 is 0. The molecule has 8 heteroatoms. The van der Waals surface area contributed by atoms with Gasteiger partial charge in [0.2, 0.25) is 0 Å². The summed E-state index contributed by atoms with van der Waals surface area (Å²) < 4.78 is 7.79. The topological polar surface area (TPSA) is 88.9 Å². The molecule has 2 saturated carbocycles. The average Bonchev–Trinajstić information content (AvgIpc) is 3.57. The van der Waals surface area contributed by atoms with E-state index in [0.29, 0.717) is 25.2 Å². The van der Waals surface area contributed by atoms with E-state index in [1.165, 1.54) is 32.1 Å². The Kier molecular flexibility index (Phi) is 7.46. The second-order valence-corrected chi connectivity index (χ2v) is 10.1. The average molecular weight is 479 g/mol. The zero-order chi connectivity index (χ0) is 24.2. The summed E-state index contributed by atoms with van der Waals surface area (Å²) in [6.07, 6.45) is 11.7. The molecule has 8 nitrogen and oxygen atoms in total. The first-order chi connectivity index (χ1) is 17.2. The molecule has 0 unspecified atom stereocenters. The number of rotatable bonds is 9. The van der Waals surface area contributed by atoms with Crippen molar-refractivity contribution in [2.45, 2.75) is 103 Å². The molecule has 1 N–H and O–H groups in total. The molecule has 0 spiro atoms. The van der Waals surface area contributed by atoms with E-state index < -0.39 is 0 Å². The van der Waals surface area contributed by atoms with Gasteiger partial charge in [-0.1, -0.05) is 39.0 Å². The van der Waals surface area contributed by atoms with E-state index in [1.807, 2.05) is 31.2 Å². The number of fused-ring (bicyclic) bond motifs is 1. The molecule has 2 fully saturated rings. The van der Waals surface area contributed by atoms with Crippen LogP contribution in [-0.2, 0) is 6.54 Å². The van der Waals surface area contributed by atoms with Gasteiger partial charge in [-0.25, -0.2) is 4.68 Å². The second-order valence-electron chi connectivity index (χ2n) is 10.1. The molecule has 3 aromatic rings. The van der Waals surface area contributed by atoms with Crippen molar-refractivity contribution in [1.29, 1.82) is 0 Å². The number of nitrogens with one attached hydrogen (secondary N) is 1. The summed E-state index contributed by atoms with van der Waals surface area (Å²) in [7, 11) is 0. The van der Waals surface area contributed by atoms with Crippen LogP contribution in [0.15, 0.2) is 29.1 Å². The van der Waals surface area contributed by atoms with Gasteiger partial charge in [0.1, 0.15) is 5.75 Å². The largest absolute Gasteiger partial charge is 0.494 e. The van der Waals surface area contributed by atoms with Crippen LogP contribution in [0.25, 0.3) is 10.9 Å². The van der Waals surface area contributed by atoms with E-state index in [9.17, 15) is 4.79 Å². The van der Waals surface area contributed by atoms with Crippen molar-refractivity contribution in [1.82, 2.24) is 30.1 Å². The molecular formula is C27H38N6O2. The van der Waals surface area contributed by atoms with Gasteiger partial charge in [0.25, 0.3) is 5.56 Å². The lowest BCUT2D eigenvalue weighted by Gasteiger charge is -2.39. The zero-order valence-electron chi connectivity index (χ0n) is 21.1. The van der Waals surface area contributed by atoms with Crippen molar-refractivity contribution in [3.05, 3.63) is 46.0 Å². The van der Waals surface area contributed by atoms with Crippen LogP contribution in [0.5, 0.6) is 5.75 Å². The van der Waals surface area contributed by atoms with Crippen LogP contribution in [0.4, 0.5) is 0 Å². The number of benzene rings is 1. The Morgan fingerprint density at radius 1 is 1.09 bits per heavy atom. The molecule has 0 radical (unpaired) electrons. The van der Waals surface area contributed by atoms with Crippen molar-refractivity contribution in [2.24, 2.45) is 0 Å². The number of H-pyrrole nitrogens is 1. The molecule has 1 atom stereocenters. The molecule has 2 aromatic heterocycles. The first-order valence-electron chi connectivity index (χ1n) is 13.5. The first kappa shape index (κ1) is 24.0. The summed E-state index contributed by atoms with van der Waals surface area (Å²) in [4.78, 5) is 18.8. The number of aromatic nitrogens is 5. The molecular weight excluding hydrogens is 440 g/mol. The Morgan fingerprint density at radius 3 is 2.60 bits per heavy atom. The predicted octanol–water partition coefficient (Wildman–Crippen LogP) is 5.31. The van der Waals surface area contributed by atoms with Crippen molar-refractivity contribution in [2.75, 3.05) is 6.61 Å². The van der Waals surface area contributed by atoms with E-state index >= 15 is 0 Å². The molecule has 35 heavy (non-hydrogen) atoms. The minimum Gasteiger partial charge on any atom is -0.494 e. The van der Waals surface area contributed by atoms with Gasteiger partial charge in [-0.3, -0.25) is 9.69 Å². The third-order valence-electron chi connectivity index (χ3n) is 7.87. The highest BCUT2D eigenvalue weighted by Crippen LogP contribution is 2.36.